The van der Waals surface area contributed by atoms with Crippen molar-refractivity contribution in [3.05, 3.63) is 82.8 Å². The van der Waals surface area contributed by atoms with Gasteiger partial charge in [0, 0.05) is 29.2 Å². The fraction of sp³-hybridized carbons (Fsp3) is 0. The molecule has 0 fully saturated rings. The van der Waals surface area contributed by atoms with E-state index in [1.165, 1.54) is 42.6 Å². The topological polar surface area (TPSA) is 54.0 Å². The minimum atomic E-state index is -1.06. The molecule has 0 bridgehead atoms. The lowest BCUT2D eigenvalue weighted by Gasteiger charge is -2.09. The van der Waals surface area contributed by atoms with Gasteiger partial charge in [0.05, 0.1) is 5.02 Å². The van der Waals surface area contributed by atoms with Crippen molar-refractivity contribution in [3.63, 3.8) is 0 Å². The van der Waals surface area contributed by atoms with E-state index >= 15 is 0 Å². The summed E-state index contributed by atoms with van der Waals surface area (Å²) < 4.78 is 39.3. The van der Waals surface area contributed by atoms with Crippen LogP contribution in [0.25, 0.3) is 0 Å². The summed E-state index contributed by atoms with van der Waals surface area (Å²) in [4.78, 5) is 16.3. The lowest BCUT2D eigenvalue weighted by molar-refractivity contribution is 0.102. The van der Waals surface area contributed by atoms with E-state index in [1.807, 2.05) is 0 Å². The number of pyridine rings is 1. The van der Waals surface area contributed by atoms with Crippen LogP contribution in [0.4, 0.5) is 30.4 Å². The van der Waals surface area contributed by atoms with Gasteiger partial charge in [-0.05, 0) is 42.5 Å². The molecular formula is C18H11ClF3N3O. The summed E-state index contributed by atoms with van der Waals surface area (Å²) in [6, 6.07) is 10.0. The van der Waals surface area contributed by atoms with E-state index in [9.17, 15) is 18.0 Å². The molecule has 0 aliphatic rings. The Morgan fingerprint density at radius 1 is 0.885 bits per heavy atom. The van der Waals surface area contributed by atoms with Crippen molar-refractivity contribution in [2.75, 3.05) is 10.6 Å². The number of nitrogens with one attached hydrogen (secondary N) is 2. The maximum absolute atomic E-state index is 13.2. The van der Waals surface area contributed by atoms with Crippen LogP contribution in [0, 0.1) is 17.5 Å². The van der Waals surface area contributed by atoms with Crippen molar-refractivity contribution < 1.29 is 18.0 Å². The molecule has 1 aromatic heterocycles. The number of benzene rings is 2. The predicted molar refractivity (Wildman–Crippen MR) is 93.2 cm³/mol. The Bertz CT molecular complexity index is 982. The van der Waals surface area contributed by atoms with Crippen LogP contribution in [0.15, 0.2) is 54.7 Å². The number of carbonyl (C=O) groups is 1. The van der Waals surface area contributed by atoms with E-state index < -0.39 is 23.4 Å². The number of halogens is 4. The van der Waals surface area contributed by atoms with Crippen LogP contribution in [0.1, 0.15) is 10.4 Å². The van der Waals surface area contributed by atoms with E-state index in [-0.39, 0.29) is 16.3 Å². The fourth-order valence-corrected chi connectivity index (χ4v) is 2.32. The molecule has 0 aliphatic heterocycles. The molecule has 2 aromatic carbocycles. The highest BCUT2D eigenvalue weighted by molar-refractivity contribution is 6.31. The van der Waals surface area contributed by atoms with Gasteiger partial charge in [0.2, 0.25) is 0 Å². The van der Waals surface area contributed by atoms with Gasteiger partial charge < -0.3 is 10.6 Å². The van der Waals surface area contributed by atoms with Crippen molar-refractivity contribution in [2.45, 2.75) is 0 Å². The molecule has 8 heteroatoms. The summed E-state index contributed by atoms with van der Waals surface area (Å²) in [5.74, 6) is -2.82. The molecule has 3 aromatic rings. The summed E-state index contributed by atoms with van der Waals surface area (Å²) in [6.45, 7) is 0. The Morgan fingerprint density at radius 3 is 2.35 bits per heavy atom. The summed E-state index contributed by atoms with van der Waals surface area (Å²) in [7, 11) is 0. The van der Waals surface area contributed by atoms with Gasteiger partial charge in [-0.1, -0.05) is 11.6 Å². The van der Waals surface area contributed by atoms with Crippen LogP contribution >= 0.6 is 11.6 Å². The Kier molecular flexibility index (Phi) is 5.09. The molecule has 0 atom stereocenters. The molecule has 1 heterocycles. The first-order valence-corrected chi connectivity index (χ1v) is 7.75. The standard InChI is InChI=1S/C18H11ClF3N3O/c19-13-8-11(1-3-14(13)20)24-17-7-10(5-6-23-17)18(26)25-12-2-4-15(21)16(22)9-12/h1-9H,(H,23,24)(H,25,26). The summed E-state index contributed by atoms with van der Waals surface area (Å²) in [5.41, 5.74) is 0.841. The molecule has 0 spiro atoms. The lowest BCUT2D eigenvalue weighted by atomic mass is 10.2. The number of anilines is 3. The zero-order chi connectivity index (χ0) is 18.7. The number of amides is 1. The van der Waals surface area contributed by atoms with Gasteiger partial charge in [0.1, 0.15) is 11.6 Å². The number of rotatable bonds is 4. The zero-order valence-electron chi connectivity index (χ0n) is 13.1. The molecule has 26 heavy (non-hydrogen) atoms. The summed E-state index contributed by atoms with van der Waals surface area (Å²) in [6.07, 6.45) is 1.40. The van der Waals surface area contributed by atoms with Crippen LogP contribution in [0.2, 0.25) is 5.02 Å². The number of hydrogen-bond acceptors (Lipinski definition) is 3. The number of hydrogen-bond donors (Lipinski definition) is 2. The minimum Gasteiger partial charge on any atom is -0.340 e. The van der Waals surface area contributed by atoms with Crippen molar-refractivity contribution in [3.8, 4) is 0 Å². The third kappa shape index (κ3) is 4.12. The first kappa shape index (κ1) is 17.8. The SMILES string of the molecule is O=C(Nc1ccc(F)c(F)c1)c1ccnc(Nc2ccc(F)c(Cl)c2)c1. The Morgan fingerprint density at radius 2 is 1.62 bits per heavy atom. The summed E-state index contributed by atoms with van der Waals surface area (Å²) >= 11 is 5.72. The van der Waals surface area contributed by atoms with Crippen molar-refractivity contribution >= 4 is 34.7 Å². The van der Waals surface area contributed by atoms with E-state index in [2.05, 4.69) is 15.6 Å². The van der Waals surface area contributed by atoms with Gasteiger partial charge in [-0.3, -0.25) is 4.79 Å². The first-order chi connectivity index (χ1) is 12.4. The number of nitrogens with zero attached hydrogens (tertiary/aromatic N) is 1. The second kappa shape index (κ2) is 7.45. The second-order valence-electron chi connectivity index (χ2n) is 5.27. The third-order valence-electron chi connectivity index (χ3n) is 3.39. The Labute approximate surface area is 151 Å². The molecule has 4 nitrogen and oxygen atoms in total. The largest absolute Gasteiger partial charge is 0.340 e. The van der Waals surface area contributed by atoms with Crippen molar-refractivity contribution in [1.82, 2.24) is 4.98 Å². The van der Waals surface area contributed by atoms with E-state index in [4.69, 9.17) is 11.6 Å². The van der Waals surface area contributed by atoms with Gasteiger partial charge in [0.15, 0.2) is 11.6 Å². The second-order valence-corrected chi connectivity index (χ2v) is 5.67. The molecule has 0 saturated carbocycles. The highest BCUT2D eigenvalue weighted by Crippen LogP contribution is 2.22. The molecule has 1 amide bonds. The molecule has 0 radical (unpaired) electrons. The average Bonchev–Trinajstić information content (AvgIpc) is 2.61. The molecule has 0 unspecified atom stereocenters. The highest BCUT2D eigenvalue weighted by Gasteiger charge is 2.10. The Hall–Kier alpha value is -3.06. The first-order valence-electron chi connectivity index (χ1n) is 7.37. The van der Waals surface area contributed by atoms with Gasteiger partial charge >= 0.3 is 0 Å². The van der Waals surface area contributed by atoms with E-state index in [0.717, 1.165) is 12.1 Å². The van der Waals surface area contributed by atoms with Crippen LogP contribution in [-0.4, -0.2) is 10.9 Å². The maximum atomic E-state index is 13.2. The highest BCUT2D eigenvalue weighted by atomic mass is 35.5. The smallest absolute Gasteiger partial charge is 0.255 e. The average molecular weight is 378 g/mol. The number of carbonyl (C=O) groups excluding carboxylic acids is 1. The zero-order valence-corrected chi connectivity index (χ0v) is 13.8. The van der Waals surface area contributed by atoms with Gasteiger partial charge in [-0.25, -0.2) is 18.2 Å². The fourth-order valence-electron chi connectivity index (χ4n) is 2.14. The normalized spacial score (nSPS) is 10.5. The Balaban J connectivity index is 1.76. The maximum Gasteiger partial charge on any atom is 0.255 e. The van der Waals surface area contributed by atoms with Gasteiger partial charge in [0.25, 0.3) is 5.91 Å². The molecular weight excluding hydrogens is 367 g/mol. The molecule has 132 valence electrons. The number of aromatic nitrogens is 1. The van der Waals surface area contributed by atoms with Crippen LogP contribution < -0.4 is 10.6 Å². The quantitative estimate of drug-likeness (QED) is 0.661. The van der Waals surface area contributed by atoms with Crippen molar-refractivity contribution in [1.29, 1.82) is 0 Å². The predicted octanol–water partition coefficient (Wildman–Crippen LogP) is 5.15. The van der Waals surface area contributed by atoms with Crippen LogP contribution in [-0.2, 0) is 0 Å². The molecule has 0 saturated heterocycles. The van der Waals surface area contributed by atoms with E-state index in [1.54, 1.807) is 0 Å². The van der Waals surface area contributed by atoms with Crippen molar-refractivity contribution in [2.24, 2.45) is 0 Å². The minimum absolute atomic E-state index is 0.0535. The monoisotopic (exact) mass is 377 g/mol. The van der Waals surface area contributed by atoms with E-state index in [0.29, 0.717) is 11.5 Å². The molecule has 2 N–H and O–H groups in total. The molecule has 0 aliphatic carbocycles. The van der Waals surface area contributed by atoms with Crippen LogP contribution in [0.3, 0.4) is 0 Å². The van der Waals surface area contributed by atoms with Gasteiger partial charge in [-0.15, -0.1) is 0 Å². The van der Waals surface area contributed by atoms with Crippen LogP contribution in [0.5, 0.6) is 0 Å². The lowest BCUT2D eigenvalue weighted by Crippen LogP contribution is -2.12. The summed E-state index contributed by atoms with van der Waals surface area (Å²) in [5, 5.41) is 5.30. The molecule has 3 rings (SSSR count). The third-order valence-corrected chi connectivity index (χ3v) is 3.68. The van der Waals surface area contributed by atoms with Gasteiger partial charge in [-0.2, -0.15) is 0 Å².